The van der Waals surface area contributed by atoms with E-state index >= 15 is 0 Å². The highest BCUT2D eigenvalue weighted by Crippen LogP contribution is 2.25. The smallest absolute Gasteiger partial charge is 0.341 e. The molecule has 0 radical (unpaired) electrons. The molecule has 2 N–H and O–H groups in total. The van der Waals surface area contributed by atoms with Crippen LogP contribution in [0.1, 0.15) is 41.4 Å². The van der Waals surface area contributed by atoms with Gasteiger partial charge in [0, 0.05) is 29.3 Å². The number of aromatic nitrogens is 1. The summed E-state index contributed by atoms with van der Waals surface area (Å²) in [7, 11) is 0. The van der Waals surface area contributed by atoms with E-state index in [1.54, 1.807) is 16.7 Å². The van der Waals surface area contributed by atoms with Gasteiger partial charge in [-0.05, 0) is 36.5 Å². The number of benzene rings is 2. The van der Waals surface area contributed by atoms with Crippen LogP contribution in [0.25, 0.3) is 10.9 Å². The fourth-order valence-corrected chi connectivity index (χ4v) is 3.69. The number of carboxylic acid groups (broad SMARTS) is 1. The van der Waals surface area contributed by atoms with Crippen LogP contribution in [-0.4, -0.2) is 27.4 Å². The molecular weight excluding hydrogens is 411 g/mol. The predicted molar refractivity (Wildman–Crippen MR) is 110 cm³/mol. The van der Waals surface area contributed by atoms with Gasteiger partial charge in [-0.25, -0.2) is 18.0 Å². The van der Waals surface area contributed by atoms with E-state index in [1.165, 1.54) is 12.3 Å². The fraction of sp³-hybridized carbons (Fsp3) is 0.304. The highest BCUT2D eigenvalue weighted by Gasteiger charge is 2.21. The van der Waals surface area contributed by atoms with Gasteiger partial charge in [0.25, 0.3) is 0 Å². The minimum atomic E-state index is -1.39. The lowest BCUT2D eigenvalue weighted by atomic mass is 9.99. The number of hydrogen-bond acceptors (Lipinski definition) is 3. The summed E-state index contributed by atoms with van der Waals surface area (Å²) in [5.41, 5.74) is -0.365. The van der Waals surface area contributed by atoms with Crippen LogP contribution in [0.15, 0.2) is 41.3 Å². The van der Waals surface area contributed by atoms with Gasteiger partial charge < -0.3 is 14.8 Å². The van der Waals surface area contributed by atoms with Crippen LogP contribution in [0.4, 0.5) is 13.2 Å². The minimum absolute atomic E-state index is 0.0403. The molecule has 0 aliphatic carbocycles. The van der Waals surface area contributed by atoms with E-state index in [4.69, 9.17) is 0 Å². The van der Waals surface area contributed by atoms with E-state index in [1.807, 2.05) is 13.8 Å². The highest BCUT2D eigenvalue weighted by atomic mass is 19.1. The molecule has 31 heavy (non-hydrogen) atoms. The summed E-state index contributed by atoms with van der Waals surface area (Å²) in [6, 6.07) is 5.56. The van der Waals surface area contributed by atoms with Gasteiger partial charge >= 0.3 is 5.97 Å². The van der Waals surface area contributed by atoms with E-state index in [0.717, 1.165) is 0 Å². The highest BCUT2D eigenvalue weighted by molar-refractivity contribution is 5.92. The number of fused-ring (bicyclic) bond motifs is 1. The van der Waals surface area contributed by atoms with Crippen LogP contribution < -0.4 is 5.43 Å². The van der Waals surface area contributed by atoms with Gasteiger partial charge in [0.2, 0.25) is 5.43 Å². The second-order valence-corrected chi connectivity index (χ2v) is 7.78. The first-order valence-corrected chi connectivity index (χ1v) is 9.79. The molecule has 2 aromatic carbocycles. The molecule has 0 amide bonds. The topological polar surface area (TPSA) is 79.5 Å². The lowest BCUT2D eigenvalue weighted by Gasteiger charge is -2.25. The maximum Gasteiger partial charge on any atom is 0.341 e. The van der Waals surface area contributed by atoms with Crippen molar-refractivity contribution in [3.05, 3.63) is 80.9 Å². The summed E-state index contributed by atoms with van der Waals surface area (Å²) in [5, 5.41) is 19.4. The average molecular weight is 433 g/mol. The minimum Gasteiger partial charge on any atom is -0.477 e. The molecule has 0 saturated heterocycles. The molecule has 8 heteroatoms. The number of nitrogens with zero attached hydrogens (tertiary/aromatic N) is 1. The van der Waals surface area contributed by atoms with Crippen molar-refractivity contribution in [3.63, 3.8) is 0 Å². The second kappa shape index (κ2) is 8.93. The Labute approximate surface area is 176 Å². The third-order valence-electron chi connectivity index (χ3n) is 5.41. The summed E-state index contributed by atoms with van der Waals surface area (Å²) >= 11 is 0. The molecule has 0 saturated carbocycles. The molecule has 3 rings (SSSR count). The fourth-order valence-electron chi connectivity index (χ4n) is 3.69. The Bertz CT molecular complexity index is 1180. The number of rotatable bonds is 7. The lowest BCUT2D eigenvalue weighted by Crippen LogP contribution is -2.25. The number of pyridine rings is 1. The first-order valence-electron chi connectivity index (χ1n) is 9.79. The summed E-state index contributed by atoms with van der Waals surface area (Å²) < 4.78 is 42.5. The van der Waals surface area contributed by atoms with Crippen LogP contribution in [-0.2, 0) is 12.8 Å². The number of aryl methyl sites for hydroxylation is 1. The van der Waals surface area contributed by atoms with Crippen molar-refractivity contribution in [2.75, 3.05) is 6.61 Å². The summed E-state index contributed by atoms with van der Waals surface area (Å²) in [5.74, 6) is -4.41. The zero-order valence-corrected chi connectivity index (χ0v) is 17.0. The van der Waals surface area contributed by atoms with E-state index < -0.39 is 40.5 Å². The van der Waals surface area contributed by atoms with Gasteiger partial charge in [-0.3, -0.25) is 4.79 Å². The van der Waals surface area contributed by atoms with E-state index in [-0.39, 0.29) is 36.3 Å². The molecular formula is C23H22F3NO4. The van der Waals surface area contributed by atoms with E-state index in [2.05, 4.69) is 0 Å². The number of hydrogen-bond donors (Lipinski definition) is 2. The van der Waals surface area contributed by atoms with Crippen molar-refractivity contribution < 1.29 is 28.2 Å². The summed E-state index contributed by atoms with van der Waals surface area (Å²) in [6.45, 7) is 3.48. The first-order chi connectivity index (χ1) is 14.6. The number of carboxylic acids is 1. The SMILES string of the molecule is CC(C)[C@@H](CO)n1cc(C(=O)O)c(=O)c2cc(CCc3c(F)cc(F)cc3F)ccc21. The van der Waals surface area contributed by atoms with Crippen LogP contribution >= 0.6 is 0 Å². The quantitative estimate of drug-likeness (QED) is 0.588. The van der Waals surface area contributed by atoms with Gasteiger partial charge in [-0.2, -0.15) is 0 Å². The van der Waals surface area contributed by atoms with E-state index in [0.29, 0.717) is 23.2 Å². The van der Waals surface area contributed by atoms with Crippen LogP contribution in [0, 0.1) is 23.4 Å². The first kappa shape index (κ1) is 22.6. The van der Waals surface area contributed by atoms with Gasteiger partial charge in [-0.1, -0.05) is 19.9 Å². The van der Waals surface area contributed by atoms with Gasteiger partial charge in [0.15, 0.2) is 0 Å². The van der Waals surface area contributed by atoms with Crippen molar-refractivity contribution in [2.45, 2.75) is 32.7 Å². The van der Waals surface area contributed by atoms with Crippen LogP contribution in [0.5, 0.6) is 0 Å². The third-order valence-corrected chi connectivity index (χ3v) is 5.41. The summed E-state index contributed by atoms with van der Waals surface area (Å²) in [4.78, 5) is 24.4. The third kappa shape index (κ3) is 4.49. The largest absolute Gasteiger partial charge is 0.477 e. The molecule has 3 aromatic rings. The molecule has 1 atom stereocenters. The Kier molecular flexibility index (Phi) is 6.50. The number of aliphatic hydroxyl groups is 1. The second-order valence-electron chi connectivity index (χ2n) is 7.78. The molecule has 164 valence electrons. The summed E-state index contributed by atoms with van der Waals surface area (Å²) in [6.07, 6.45) is 1.32. The van der Waals surface area contributed by atoms with Crippen molar-refractivity contribution in [2.24, 2.45) is 5.92 Å². The Balaban J connectivity index is 2.08. The van der Waals surface area contributed by atoms with Crippen molar-refractivity contribution in [1.29, 1.82) is 0 Å². The monoisotopic (exact) mass is 433 g/mol. The van der Waals surface area contributed by atoms with Gasteiger partial charge in [-0.15, -0.1) is 0 Å². The molecule has 0 fully saturated rings. The normalized spacial score (nSPS) is 12.5. The van der Waals surface area contributed by atoms with Crippen LogP contribution in [0.2, 0.25) is 0 Å². The molecule has 1 heterocycles. The molecule has 0 unspecified atom stereocenters. The number of carbonyl (C=O) groups is 1. The Morgan fingerprint density at radius 2 is 1.71 bits per heavy atom. The molecule has 0 bridgehead atoms. The molecule has 0 aliphatic heterocycles. The van der Waals surface area contributed by atoms with Gasteiger partial charge in [0.1, 0.15) is 23.0 Å². The van der Waals surface area contributed by atoms with Gasteiger partial charge in [0.05, 0.1) is 18.2 Å². The number of halogens is 3. The maximum atomic E-state index is 13.9. The average Bonchev–Trinajstić information content (AvgIpc) is 2.69. The zero-order chi connectivity index (χ0) is 22.9. The maximum absolute atomic E-state index is 13.9. The Morgan fingerprint density at radius 3 is 2.26 bits per heavy atom. The standard InChI is InChI=1S/C23H22F3NO4/c1-12(2)21(11-28)27-10-17(23(30)31)22(29)16-7-13(4-6-20(16)27)3-5-15-18(25)8-14(24)9-19(15)26/h4,6-10,12,21,28H,3,5,11H2,1-2H3,(H,30,31)/t21-/m1/s1. The lowest BCUT2D eigenvalue weighted by molar-refractivity contribution is 0.0694. The van der Waals surface area contributed by atoms with Crippen molar-refractivity contribution >= 4 is 16.9 Å². The Morgan fingerprint density at radius 1 is 1.06 bits per heavy atom. The number of aromatic carboxylic acids is 1. The van der Waals surface area contributed by atoms with Crippen LogP contribution in [0.3, 0.4) is 0 Å². The number of aliphatic hydroxyl groups excluding tert-OH is 1. The molecule has 0 spiro atoms. The zero-order valence-electron chi connectivity index (χ0n) is 17.0. The van der Waals surface area contributed by atoms with E-state index in [9.17, 15) is 33.0 Å². The molecule has 0 aliphatic rings. The predicted octanol–water partition coefficient (Wildman–Crippen LogP) is 4.09. The molecule has 1 aromatic heterocycles. The van der Waals surface area contributed by atoms with Crippen molar-refractivity contribution in [3.8, 4) is 0 Å². The molecule has 5 nitrogen and oxygen atoms in total. The Hall–Kier alpha value is -3.13. The van der Waals surface area contributed by atoms with Crippen molar-refractivity contribution in [1.82, 2.24) is 4.57 Å².